The molecule has 0 spiro atoms. The van der Waals surface area contributed by atoms with E-state index in [1.165, 1.54) is 19.5 Å². The number of carbonyl (C=O) groups excluding carboxylic acids is 2. The lowest BCUT2D eigenvalue weighted by atomic mass is 10.1. The van der Waals surface area contributed by atoms with E-state index in [-0.39, 0.29) is 11.6 Å². The number of aromatic nitrogens is 2. The Balaban J connectivity index is 1.98. The predicted molar refractivity (Wildman–Crippen MR) is 94.9 cm³/mol. The molecule has 0 saturated carbocycles. The molecule has 132 valence electrons. The first-order valence-electron chi connectivity index (χ1n) is 8.05. The van der Waals surface area contributed by atoms with Crippen molar-refractivity contribution in [2.24, 2.45) is 5.92 Å². The fraction of sp³-hybridized carbons (Fsp3) is 0.333. The minimum atomic E-state index is -0.414. The molecule has 25 heavy (non-hydrogen) atoms. The lowest BCUT2D eigenvalue weighted by Gasteiger charge is -2.08. The standard InChI is InChI=1S/C18H22N4O3/c1-12(2)7-8-19-17(23)15-10-21-16(11-20-15)22-14-6-4-5-13(9-14)18(24)25-3/h4-6,9-12H,7-8H2,1-3H3,(H,19,23)(H,21,22). The summed E-state index contributed by atoms with van der Waals surface area (Å²) in [7, 11) is 1.33. The maximum atomic E-state index is 12.0. The summed E-state index contributed by atoms with van der Waals surface area (Å²) in [6, 6.07) is 6.84. The number of rotatable bonds is 7. The van der Waals surface area contributed by atoms with Crippen molar-refractivity contribution in [3.8, 4) is 0 Å². The summed E-state index contributed by atoms with van der Waals surface area (Å²) in [6.45, 7) is 4.81. The lowest BCUT2D eigenvalue weighted by Crippen LogP contribution is -2.26. The summed E-state index contributed by atoms with van der Waals surface area (Å²) < 4.78 is 4.69. The number of hydrogen-bond donors (Lipinski definition) is 2. The molecule has 0 atom stereocenters. The number of carbonyl (C=O) groups is 2. The van der Waals surface area contributed by atoms with E-state index < -0.39 is 5.97 Å². The molecular weight excluding hydrogens is 320 g/mol. The van der Waals surface area contributed by atoms with E-state index in [4.69, 9.17) is 4.74 Å². The third kappa shape index (κ3) is 5.56. The first-order valence-corrected chi connectivity index (χ1v) is 8.05. The first kappa shape index (κ1) is 18.4. The second-order valence-corrected chi connectivity index (χ2v) is 5.92. The zero-order valence-electron chi connectivity index (χ0n) is 14.6. The number of nitrogens with one attached hydrogen (secondary N) is 2. The summed E-state index contributed by atoms with van der Waals surface area (Å²) >= 11 is 0. The molecule has 2 rings (SSSR count). The highest BCUT2D eigenvalue weighted by Gasteiger charge is 2.09. The highest BCUT2D eigenvalue weighted by atomic mass is 16.5. The van der Waals surface area contributed by atoms with Gasteiger partial charge in [0, 0.05) is 12.2 Å². The van der Waals surface area contributed by atoms with Crippen molar-refractivity contribution in [3.05, 3.63) is 47.9 Å². The highest BCUT2D eigenvalue weighted by molar-refractivity contribution is 5.92. The summed E-state index contributed by atoms with van der Waals surface area (Å²) in [6.07, 6.45) is 3.80. The topological polar surface area (TPSA) is 93.2 Å². The zero-order valence-corrected chi connectivity index (χ0v) is 14.6. The van der Waals surface area contributed by atoms with Gasteiger partial charge in [0.25, 0.3) is 5.91 Å². The van der Waals surface area contributed by atoms with Gasteiger partial charge in [-0.05, 0) is 30.5 Å². The number of esters is 1. The van der Waals surface area contributed by atoms with Gasteiger partial charge in [0.2, 0.25) is 0 Å². The number of ether oxygens (including phenoxy) is 1. The van der Waals surface area contributed by atoms with Crippen LogP contribution < -0.4 is 10.6 Å². The minimum absolute atomic E-state index is 0.243. The Morgan fingerprint density at radius 2 is 2.00 bits per heavy atom. The quantitative estimate of drug-likeness (QED) is 0.752. The zero-order chi connectivity index (χ0) is 18.2. The van der Waals surface area contributed by atoms with Crippen molar-refractivity contribution in [1.29, 1.82) is 0 Å². The summed E-state index contributed by atoms with van der Waals surface area (Å²) in [4.78, 5) is 31.8. The van der Waals surface area contributed by atoms with Crippen molar-refractivity contribution in [2.75, 3.05) is 19.0 Å². The van der Waals surface area contributed by atoms with Gasteiger partial charge in [-0.15, -0.1) is 0 Å². The number of benzene rings is 1. The van der Waals surface area contributed by atoms with Crippen LogP contribution in [0.25, 0.3) is 0 Å². The van der Waals surface area contributed by atoms with E-state index in [9.17, 15) is 9.59 Å². The van der Waals surface area contributed by atoms with Crippen molar-refractivity contribution in [2.45, 2.75) is 20.3 Å². The van der Waals surface area contributed by atoms with E-state index in [1.807, 2.05) is 0 Å². The van der Waals surface area contributed by atoms with Crippen LogP contribution in [0.2, 0.25) is 0 Å². The largest absolute Gasteiger partial charge is 0.465 e. The first-order chi connectivity index (χ1) is 12.0. The molecule has 0 bridgehead atoms. The van der Waals surface area contributed by atoms with Gasteiger partial charge >= 0.3 is 5.97 Å². The van der Waals surface area contributed by atoms with Crippen LogP contribution in [0.5, 0.6) is 0 Å². The average Bonchev–Trinajstić information content (AvgIpc) is 2.61. The molecule has 0 aliphatic heterocycles. The maximum Gasteiger partial charge on any atom is 0.337 e. The number of amides is 1. The van der Waals surface area contributed by atoms with Crippen LogP contribution in [0, 0.1) is 5.92 Å². The van der Waals surface area contributed by atoms with E-state index >= 15 is 0 Å². The number of anilines is 2. The van der Waals surface area contributed by atoms with Gasteiger partial charge in [-0.2, -0.15) is 0 Å². The molecule has 2 N–H and O–H groups in total. The minimum Gasteiger partial charge on any atom is -0.465 e. The van der Waals surface area contributed by atoms with Crippen LogP contribution in [0.15, 0.2) is 36.7 Å². The summed E-state index contributed by atoms with van der Waals surface area (Å²) in [5, 5.41) is 5.85. The predicted octanol–water partition coefficient (Wildman–Crippen LogP) is 2.78. The molecule has 7 nitrogen and oxygen atoms in total. The molecule has 0 aliphatic carbocycles. The van der Waals surface area contributed by atoms with Crippen molar-refractivity contribution >= 4 is 23.4 Å². The van der Waals surface area contributed by atoms with Gasteiger partial charge in [0.1, 0.15) is 11.5 Å². The molecule has 0 fully saturated rings. The van der Waals surface area contributed by atoms with Crippen LogP contribution in [0.4, 0.5) is 11.5 Å². The maximum absolute atomic E-state index is 12.0. The molecule has 1 amide bonds. The molecule has 7 heteroatoms. The van der Waals surface area contributed by atoms with E-state index in [1.54, 1.807) is 24.3 Å². The van der Waals surface area contributed by atoms with E-state index in [0.29, 0.717) is 29.5 Å². The lowest BCUT2D eigenvalue weighted by molar-refractivity contribution is 0.0600. The molecule has 1 aromatic carbocycles. The molecule has 0 unspecified atom stereocenters. The fourth-order valence-electron chi connectivity index (χ4n) is 2.06. The Bertz CT molecular complexity index is 729. The molecule has 0 saturated heterocycles. The Morgan fingerprint density at radius 1 is 1.20 bits per heavy atom. The van der Waals surface area contributed by atoms with Gasteiger partial charge in [0.05, 0.1) is 25.1 Å². The van der Waals surface area contributed by atoms with Crippen molar-refractivity contribution in [3.63, 3.8) is 0 Å². The Hall–Kier alpha value is -2.96. The van der Waals surface area contributed by atoms with Gasteiger partial charge < -0.3 is 15.4 Å². The molecular formula is C18H22N4O3. The van der Waals surface area contributed by atoms with Crippen LogP contribution in [-0.2, 0) is 4.74 Å². The monoisotopic (exact) mass is 342 g/mol. The van der Waals surface area contributed by atoms with Crippen LogP contribution in [0.3, 0.4) is 0 Å². The normalized spacial score (nSPS) is 10.4. The van der Waals surface area contributed by atoms with Gasteiger partial charge in [-0.3, -0.25) is 4.79 Å². The Morgan fingerprint density at radius 3 is 2.64 bits per heavy atom. The van der Waals surface area contributed by atoms with Gasteiger partial charge in [-0.25, -0.2) is 14.8 Å². The fourth-order valence-corrected chi connectivity index (χ4v) is 2.06. The van der Waals surface area contributed by atoms with Crippen molar-refractivity contribution < 1.29 is 14.3 Å². The molecule has 1 aromatic heterocycles. The number of nitrogens with zero attached hydrogens (tertiary/aromatic N) is 2. The third-order valence-electron chi connectivity index (χ3n) is 3.45. The molecule has 0 aliphatic rings. The summed E-state index contributed by atoms with van der Waals surface area (Å²) in [5.74, 6) is 0.343. The Kier molecular flexibility index (Phi) is 6.45. The molecule has 1 heterocycles. The number of hydrogen-bond acceptors (Lipinski definition) is 6. The second kappa shape index (κ2) is 8.77. The Labute approximate surface area is 146 Å². The third-order valence-corrected chi connectivity index (χ3v) is 3.45. The highest BCUT2D eigenvalue weighted by Crippen LogP contribution is 2.16. The number of methoxy groups -OCH3 is 1. The smallest absolute Gasteiger partial charge is 0.337 e. The van der Waals surface area contributed by atoms with Crippen LogP contribution >= 0.6 is 0 Å². The van der Waals surface area contributed by atoms with Crippen LogP contribution in [0.1, 0.15) is 41.1 Å². The second-order valence-electron chi connectivity index (χ2n) is 5.92. The molecule has 0 radical (unpaired) electrons. The summed E-state index contributed by atoms with van der Waals surface area (Å²) in [5.41, 5.74) is 1.37. The van der Waals surface area contributed by atoms with Crippen molar-refractivity contribution in [1.82, 2.24) is 15.3 Å². The SMILES string of the molecule is COC(=O)c1cccc(Nc2cnc(C(=O)NCCC(C)C)cn2)c1. The van der Waals surface area contributed by atoms with Gasteiger partial charge in [0.15, 0.2) is 0 Å². The van der Waals surface area contributed by atoms with Gasteiger partial charge in [-0.1, -0.05) is 19.9 Å². The molecule has 2 aromatic rings. The average molecular weight is 342 g/mol. The van der Waals surface area contributed by atoms with Crippen LogP contribution in [-0.4, -0.2) is 35.5 Å². The van der Waals surface area contributed by atoms with E-state index in [0.717, 1.165) is 6.42 Å². The van der Waals surface area contributed by atoms with E-state index in [2.05, 4.69) is 34.4 Å².